The van der Waals surface area contributed by atoms with Gasteiger partial charge in [-0.15, -0.1) is 11.8 Å². The maximum absolute atomic E-state index is 12.9. The Balaban J connectivity index is 1.69. The number of esters is 1. The number of hydrogen-bond acceptors (Lipinski definition) is 6. The Bertz CT molecular complexity index is 934. The second-order valence-electron chi connectivity index (χ2n) is 6.92. The van der Waals surface area contributed by atoms with E-state index in [-0.39, 0.29) is 18.8 Å². The molecule has 0 aliphatic heterocycles. The van der Waals surface area contributed by atoms with E-state index in [4.69, 9.17) is 4.74 Å². The molecule has 0 saturated carbocycles. The lowest BCUT2D eigenvalue weighted by molar-refractivity contribution is -0.150. The number of allylic oxidation sites excluding steroid dienone is 3. The number of rotatable bonds is 8. The van der Waals surface area contributed by atoms with E-state index in [1.54, 1.807) is 36.7 Å². The summed E-state index contributed by atoms with van der Waals surface area (Å²) >= 11 is 1.28. The molecule has 2 heterocycles. The first-order valence-electron chi connectivity index (χ1n) is 9.60. The second kappa shape index (κ2) is 10.6. The van der Waals surface area contributed by atoms with Crippen molar-refractivity contribution in [2.75, 3.05) is 12.4 Å². The summed E-state index contributed by atoms with van der Waals surface area (Å²) in [6.45, 7) is -0.253. The molecule has 1 aliphatic rings. The molecule has 5 nitrogen and oxygen atoms in total. The summed E-state index contributed by atoms with van der Waals surface area (Å²) in [7, 11) is 0. The molecule has 2 aromatic heterocycles. The molecule has 2 atom stereocenters. The van der Waals surface area contributed by atoms with Crippen LogP contribution in [-0.2, 0) is 9.53 Å². The van der Waals surface area contributed by atoms with Crippen LogP contribution in [0.4, 0.5) is 13.2 Å². The normalized spacial score (nSPS) is 16.1. The van der Waals surface area contributed by atoms with Gasteiger partial charge >= 0.3 is 12.1 Å². The number of alkyl halides is 3. The number of carbonyl (C=O) groups is 1. The van der Waals surface area contributed by atoms with Crippen molar-refractivity contribution in [3.05, 3.63) is 77.8 Å². The van der Waals surface area contributed by atoms with Crippen LogP contribution in [0.25, 0.3) is 0 Å². The zero-order chi connectivity index (χ0) is 22.3. The third-order valence-electron chi connectivity index (χ3n) is 4.67. The summed E-state index contributed by atoms with van der Waals surface area (Å²) in [6.07, 6.45) is 1.77. The topological polar surface area (TPSA) is 72.3 Å². The number of aliphatic hydroxyl groups excluding tert-OH is 1. The fourth-order valence-electron chi connectivity index (χ4n) is 3.03. The van der Waals surface area contributed by atoms with Crippen molar-refractivity contribution in [3.63, 3.8) is 0 Å². The van der Waals surface area contributed by atoms with Gasteiger partial charge in [-0.3, -0.25) is 9.78 Å². The summed E-state index contributed by atoms with van der Waals surface area (Å²) in [5.74, 6) is -1.46. The van der Waals surface area contributed by atoms with Crippen molar-refractivity contribution in [1.82, 2.24) is 9.97 Å². The van der Waals surface area contributed by atoms with Crippen molar-refractivity contribution in [1.29, 1.82) is 0 Å². The average molecular weight is 450 g/mol. The van der Waals surface area contributed by atoms with E-state index in [1.807, 2.05) is 6.07 Å². The number of pyridine rings is 2. The highest BCUT2D eigenvalue weighted by atomic mass is 32.2. The van der Waals surface area contributed by atoms with E-state index in [0.29, 0.717) is 22.6 Å². The number of thioether (sulfide) groups is 1. The van der Waals surface area contributed by atoms with Gasteiger partial charge < -0.3 is 9.84 Å². The van der Waals surface area contributed by atoms with Gasteiger partial charge in [-0.1, -0.05) is 18.2 Å². The highest BCUT2D eigenvalue weighted by Crippen LogP contribution is 2.32. The van der Waals surface area contributed by atoms with Gasteiger partial charge in [0.1, 0.15) is 6.61 Å². The molecule has 0 saturated heterocycles. The van der Waals surface area contributed by atoms with E-state index < -0.39 is 29.7 Å². The van der Waals surface area contributed by atoms with Crippen molar-refractivity contribution >= 4 is 17.7 Å². The minimum atomic E-state index is -4.44. The Morgan fingerprint density at radius 2 is 2.06 bits per heavy atom. The summed E-state index contributed by atoms with van der Waals surface area (Å²) in [4.78, 5) is 21.0. The molecule has 3 rings (SSSR count). The molecule has 0 spiro atoms. The third kappa shape index (κ3) is 6.67. The van der Waals surface area contributed by atoms with Gasteiger partial charge in [0.05, 0.1) is 22.6 Å². The molecule has 0 fully saturated rings. The quantitative estimate of drug-likeness (QED) is 0.466. The molecule has 2 aromatic rings. The van der Waals surface area contributed by atoms with Gasteiger partial charge in [0.15, 0.2) is 0 Å². The minimum absolute atomic E-state index is 0.179. The maximum atomic E-state index is 12.9. The number of aromatic nitrogens is 2. The number of halogens is 3. The van der Waals surface area contributed by atoms with E-state index in [0.717, 1.165) is 12.2 Å². The summed E-state index contributed by atoms with van der Waals surface area (Å²) in [5, 5.41) is 11.4. The van der Waals surface area contributed by atoms with Crippen molar-refractivity contribution in [3.8, 4) is 0 Å². The number of ether oxygens (including phenoxy) is 1. The fourth-order valence-corrected chi connectivity index (χ4v) is 4.00. The summed E-state index contributed by atoms with van der Waals surface area (Å²) < 4.78 is 44.1. The second-order valence-corrected chi connectivity index (χ2v) is 7.96. The zero-order valence-electron chi connectivity index (χ0n) is 16.5. The monoisotopic (exact) mass is 450 g/mol. The average Bonchev–Trinajstić information content (AvgIpc) is 2.78. The first-order valence-corrected chi connectivity index (χ1v) is 10.6. The van der Waals surface area contributed by atoms with Crippen LogP contribution in [-0.4, -0.2) is 39.6 Å². The maximum Gasteiger partial charge on any atom is 0.416 e. The van der Waals surface area contributed by atoms with Crippen molar-refractivity contribution in [2.45, 2.75) is 30.1 Å². The van der Waals surface area contributed by atoms with Crippen molar-refractivity contribution in [2.24, 2.45) is 5.92 Å². The molecule has 0 amide bonds. The van der Waals surface area contributed by atoms with Gasteiger partial charge in [0, 0.05) is 24.3 Å². The SMILES string of the molecule is O=C(OCC1=CC(C(F)(F)F)=CCC1)C(CSc1ccccn1)C(O)c1cccnc1. The standard InChI is InChI=1S/C22H21F3N2O3S/c23-22(24,25)17-7-3-5-15(11-17)13-30-21(29)18(14-31-19-8-1-2-10-27-19)20(28)16-6-4-9-26-12-16/h1-2,4,6-12,18,20,28H,3,5,13-14H2. The van der Waals surface area contributed by atoms with E-state index in [9.17, 15) is 23.1 Å². The van der Waals surface area contributed by atoms with Crippen LogP contribution in [0.1, 0.15) is 24.5 Å². The van der Waals surface area contributed by atoms with Gasteiger partial charge in [-0.2, -0.15) is 13.2 Å². The molecule has 0 radical (unpaired) electrons. The zero-order valence-corrected chi connectivity index (χ0v) is 17.3. The highest BCUT2D eigenvalue weighted by Gasteiger charge is 2.34. The molecule has 164 valence electrons. The minimum Gasteiger partial charge on any atom is -0.461 e. The summed E-state index contributed by atoms with van der Waals surface area (Å²) in [6, 6.07) is 8.64. The van der Waals surface area contributed by atoms with E-state index in [2.05, 4.69) is 9.97 Å². The predicted octanol–water partition coefficient (Wildman–Crippen LogP) is 4.67. The van der Waals surface area contributed by atoms with Crippen LogP contribution < -0.4 is 0 Å². The Morgan fingerprint density at radius 3 is 2.74 bits per heavy atom. The lowest BCUT2D eigenvalue weighted by Crippen LogP contribution is -2.27. The highest BCUT2D eigenvalue weighted by molar-refractivity contribution is 7.99. The Morgan fingerprint density at radius 1 is 1.23 bits per heavy atom. The van der Waals surface area contributed by atoms with Crippen LogP contribution in [0.3, 0.4) is 0 Å². The van der Waals surface area contributed by atoms with E-state index in [1.165, 1.54) is 18.0 Å². The number of hydrogen-bond donors (Lipinski definition) is 1. The van der Waals surface area contributed by atoms with Crippen molar-refractivity contribution < 1.29 is 27.8 Å². The molecule has 9 heteroatoms. The molecular weight excluding hydrogens is 429 g/mol. The first kappa shape index (κ1) is 23.0. The Hall–Kier alpha value is -2.65. The molecular formula is C22H21F3N2O3S. The molecule has 0 aromatic carbocycles. The molecule has 2 unspecified atom stereocenters. The molecule has 1 N–H and O–H groups in total. The van der Waals surface area contributed by atoms with Crippen LogP contribution >= 0.6 is 11.8 Å². The van der Waals surface area contributed by atoms with Crippen LogP contribution in [0.2, 0.25) is 0 Å². The Kier molecular flexibility index (Phi) is 7.86. The number of nitrogens with zero attached hydrogens (tertiary/aromatic N) is 2. The lowest BCUT2D eigenvalue weighted by Gasteiger charge is -2.22. The van der Waals surface area contributed by atoms with E-state index >= 15 is 0 Å². The van der Waals surface area contributed by atoms with Gasteiger partial charge in [-0.25, -0.2) is 4.98 Å². The first-order chi connectivity index (χ1) is 14.8. The van der Waals surface area contributed by atoms with Crippen LogP contribution in [0, 0.1) is 5.92 Å². The van der Waals surface area contributed by atoms with Crippen LogP contribution in [0.5, 0.6) is 0 Å². The largest absolute Gasteiger partial charge is 0.461 e. The molecule has 31 heavy (non-hydrogen) atoms. The fraction of sp³-hybridized carbons (Fsp3) is 0.318. The molecule has 0 bridgehead atoms. The predicted molar refractivity (Wildman–Crippen MR) is 110 cm³/mol. The summed E-state index contributed by atoms with van der Waals surface area (Å²) in [5.41, 5.74) is 0.0999. The van der Waals surface area contributed by atoms with Gasteiger partial charge in [0.25, 0.3) is 0 Å². The molecule has 1 aliphatic carbocycles. The number of carbonyl (C=O) groups excluding carboxylic acids is 1. The number of aliphatic hydroxyl groups is 1. The third-order valence-corrected chi connectivity index (χ3v) is 5.74. The Labute approximate surface area is 182 Å². The van der Waals surface area contributed by atoms with Crippen LogP contribution in [0.15, 0.2) is 77.2 Å². The smallest absolute Gasteiger partial charge is 0.416 e. The van der Waals surface area contributed by atoms with Gasteiger partial charge in [-0.05, 0) is 48.3 Å². The van der Waals surface area contributed by atoms with Gasteiger partial charge in [0.2, 0.25) is 0 Å². The lowest BCUT2D eigenvalue weighted by atomic mass is 9.98.